The molecule has 3 fully saturated rings. The molecule has 2 heterocycles. The molecule has 1 N–H and O–H groups in total. The van der Waals surface area contributed by atoms with Gasteiger partial charge in [0.2, 0.25) is 5.91 Å². The average Bonchev–Trinajstić information content (AvgIpc) is 2.64. The minimum absolute atomic E-state index is 0.0505. The van der Waals surface area contributed by atoms with Gasteiger partial charge in [-0.2, -0.15) is 0 Å². The van der Waals surface area contributed by atoms with Crippen molar-refractivity contribution in [3.63, 3.8) is 0 Å². The Balaban J connectivity index is 1.57. The van der Waals surface area contributed by atoms with E-state index in [1.54, 1.807) is 0 Å². The third-order valence-electron chi connectivity index (χ3n) is 5.38. The summed E-state index contributed by atoms with van der Waals surface area (Å²) in [6.07, 6.45) is 2.26. The van der Waals surface area contributed by atoms with Crippen LogP contribution in [0.1, 0.15) is 33.1 Å². The van der Waals surface area contributed by atoms with Crippen molar-refractivity contribution in [2.75, 3.05) is 32.8 Å². The highest BCUT2D eigenvalue weighted by molar-refractivity contribution is 5.80. The van der Waals surface area contributed by atoms with Gasteiger partial charge in [0.1, 0.15) is 0 Å². The fourth-order valence-corrected chi connectivity index (χ4v) is 3.79. The molecular formula is C16H28N2O3. The van der Waals surface area contributed by atoms with Gasteiger partial charge in [-0.25, -0.2) is 0 Å². The molecule has 21 heavy (non-hydrogen) atoms. The molecule has 0 bridgehead atoms. The maximum atomic E-state index is 12.4. The van der Waals surface area contributed by atoms with Gasteiger partial charge in [0.25, 0.3) is 0 Å². The first-order valence-corrected chi connectivity index (χ1v) is 8.37. The Morgan fingerprint density at radius 2 is 2.00 bits per heavy atom. The fourth-order valence-electron chi connectivity index (χ4n) is 3.79. The van der Waals surface area contributed by atoms with Gasteiger partial charge in [-0.15, -0.1) is 0 Å². The molecule has 5 heteroatoms. The molecular weight excluding hydrogens is 268 g/mol. The van der Waals surface area contributed by atoms with Crippen molar-refractivity contribution in [3.05, 3.63) is 0 Å². The molecule has 2 aliphatic heterocycles. The van der Waals surface area contributed by atoms with Gasteiger partial charge in [0.05, 0.1) is 18.8 Å². The molecule has 0 aromatic rings. The molecule has 0 aromatic heterocycles. The van der Waals surface area contributed by atoms with Crippen LogP contribution >= 0.6 is 0 Å². The Hall–Kier alpha value is -0.650. The monoisotopic (exact) mass is 296 g/mol. The van der Waals surface area contributed by atoms with Crippen LogP contribution in [0, 0.1) is 11.8 Å². The third-order valence-corrected chi connectivity index (χ3v) is 5.38. The summed E-state index contributed by atoms with van der Waals surface area (Å²) < 4.78 is 6.04. The molecule has 1 saturated carbocycles. The maximum absolute atomic E-state index is 12.4. The molecule has 0 spiro atoms. The van der Waals surface area contributed by atoms with E-state index in [2.05, 4.69) is 18.7 Å². The molecule has 120 valence electrons. The zero-order chi connectivity index (χ0) is 15.0. The van der Waals surface area contributed by atoms with Crippen LogP contribution in [-0.4, -0.2) is 71.8 Å². The van der Waals surface area contributed by atoms with Crippen LogP contribution in [0.2, 0.25) is 0 Å². The average molecular weight is 296 g/mol. The van der Waals surface area contributed by atoms with Crippen LogP contribution < -0.4 is 0 Å². The number of carbonyl (C=O) groups is 1. The number of ether oxygens (including phenoxy) is 1. The van der Waals surface area contributed by atoms with E-state index in [1.165, 1.54) is 0 Å². The highest BCUT2D eigenvalue weighted by Crippen LogP contribution is 2.32. The maximum Gasteiger partial charge on any atom is 0.225 e. The van der Waals surface area contributed by atoms with Crippen molar-refractivity contribution >= 4 is 5.91 Å². The van der Waals surface area contributed by atoms with Crippen molar-refractivity contribution in [2.45, 2.75) is 51.4 Å². The summed E-state index contributed by atoms with van der Waals surface area (Å²) in [6, 6.07) is 0.559. The molecule has 2 atom stereocenters. The normalized spacial score (nSPS) is 37.8. The molecule has 3 rings (SSSR count). The number of nitrogens with zero attached hydrogens (tertiary/aromatic N) is 2. The second-order valence-corrected chi connectivity index (χ2v) is 7.15. The van der Waals surface area contributed by atoms with Crippen LogP contribution in [0.15, 0.2) is 0 Å². The van der Waals surface area contributed by atoms with Crippen molar-refractivity contribution < 1.29 is 14.6 Å². The number of likely N-dealkylation sites (tertiary alicyclic amines) is 1. The Bertz CT molecular complexity index is 382. The number of fused-ring (bicyclic) bond motifs is 1. The number of hydrogen-bond donors (Lipinski definition) is 1. The van der Waals surface area contributed by atoms with Gasteiger partial charge < -0.3 is 14.7 Å². The number of aliphatic hydroxyl groups is 1. The Morgan fingerprint density at radius 3 is 2.67 bits per heavy atom. The topological polar surface area (TPSA) is 53.0 Å². The Morgan fingerprint density at radius 1 is 1.24 bits per heavy atom. The minimum Gasteiger partial charge on any atom is -0.393 e. The Kier molecular flexibility index (Phi) is 4.52. The lowest BCUT2D eigenvalue weighted by atomic mass is 9.80. The lowest BCUT2D eigenvalue weighted by Crippen LogP contribution is -2.52. The predicted octanol–water partition coefficient (Wildman–Crippen LogP) is 0.715. The largest absolute Gasteiger partial charge is 0.393 e. The van der Waals surface area contributed by atoms with E-state index in [0.29, 0.717) is 24.8 Å². The molecule has 1 aliphatic carbocycles. The van der Waals surface area contributed by atoms with Crippen molar-refractivity contribution in [1.29, 1.82) is 0 Å². The lowest BCUT2D eigenvalue weighted by Gasteiger charge is -2.41. The van der Waals surface area contributed by atoms with E-state index < -0.39 is 0 Å². The first-order chi connectivity index (χ1) is 10.0. The second kappa shape index (κ2) is 6.23. The zero-order valence-corrected chi connectivity index (χ0v) is 13.2. The number of rotatable bonds is 2. The van der Waals surface area contributed by atoms with Crippen LogP contribution in [0.3, 0.4) is 0 Å². The number of aliphatic hydroxyl groups excluding tert-OH is 1. The molecule has 3 aliphatic rings. The van der Waals surface area contributed by atoms with Crippen molar-refractivity contribution in [3.8, 4) is 0 Å². The molecule has 5 nitrogen and oxygen atoms in total. The van der Waals surface area contributed by atoms with E-state index in [-0.39, 0.29) is 24.0 Å². The number of amides is 1. The Labute approximate surface area is 127 Å². The molecule has 2 saturated heterocycles. The minimum atomic E-state index is -0.259. The van der Waals surface area contributed by atoms with E-state index >= 15 is 0 Å². The first kappa shape index (κ1) is 15.3. The number of piperidine rings is 1. The second-order valence-electron chi connectivity index (χ2n) is 7.15. The van der Waals surface area contributed by atoms with E-state index in [1.807, 2.05) is 4.90 Å². The number of carbonyl (C=O) groups excluding carboxylic acids is 1. The summed E-state index contributed by atoms with van der Waals surface area (Å²) in [5.74, 6) is 0.827. The SMILES string of the molecule is CC(C)N1CCOC2CN(C(=O)C3CC(O)C3)CCC2C1. The summed E-state index contributed by atoms with van der Waals surface area (Å²) >= 11 is 0. The molecule has 0 aromatic carbocycles. The number of hydrogen-bond acceptors (Lipinski definition) is 4. The van der Waals surface area contributed by atoms with E-state index in [4.69, 9.17) is 4.74 Å². The summed E-state index contributed by atoms with van der Waals surface area (Å²) in [5.41, 5.74) is 0. The van der Waals surface area contributed by atoms with Crippen LogP contribution in [-0.2, 0) is 9.53 Å². The first-order valence-electron chi connectivity index (χ1n) is 8.37. The van der Waals surface area contributed by atoms with Gasteiger partial charge in [-0.1, -0.05) is 0 Å². The van der Waals surface area contributed by atoms with E-state index in [9.17, 15) is 9.90 Å². The fraction of sp³-hybridized carbons (Fsp3) is 0.938. The predicted molar refractivity (Wildman–Crippen MR) is 79.9 cm³/mol. The summed E-state index contributed by atoms with van der Waals surface area (Å²) in [5, 5.41) is 9.37. The lowest BCUT2D eigenvalue weighted by molar-refractivity contribution is -0.147. The van der Waals surface area contributed by atoms with Crippen LogP contribution in [0.25, 0.3) is 0 Å². The summed E-state index contributed by atoms with van der Waals surface area (Å²) in [7, 11) is 0. The molecule has 0 radical (unpaired) electrons. The van der Waals surface area contributed by atoms with Gasteiger partial charge in [-0.05, 0) is 33.1 Å². The van der Waals surface area contributed by atoms with Crippen LogP contribution in [0.5, 0.6) is 0 Å². The third kappa shape index (κ3) is 3.25. The summed E-state index contributed by atoms with van der Waals surface area (Å²) in [6.45, 7) is 8.91. The quantitative estimate of drug-likeness (QED) is 0.815. The van der Waals surface area contributed by atoms with E-state index in [0.717, 1.165) is 39.2 Å². The molecule has 1 amide bonds. The highest BCUT2D eigenvalue weighted by Gasteiger charge is 2.40. The van der Waals surface area contributed by atoms with Gasteiger partial charge in [0, 0.05) is 44.1 Å². The standard InChI is InChI=1S/C16H28N2O3/c1-11(2)17-5-6-21-15-10-18(4-3-12(15)9-17)16(20)13-7-14(19)8-13/h11-15,19H,3-10H2,1-2H3. The zero-order valence-electron chi connectivity index (χ0n) is 13.2. The smallest absolute Gasteiger partial charge is 0.225 e. The van der Waals surface area contributed by atoms with Crippen LogP contribution in [0.4, 0.5) is 0 Å². The highest BCUT2D eigenvalue weighted by atomic mass is 16.5. The van der Waals surface area contributed by atoms with Gasteiger partial charge in [-0.3, -0.25) is 9.69 Å². The van der Waals surface area contributed by atoms with Gasteiger partial charge >= 0.3 is 0 Å². The van der Waals surface area contributed by atoms with Crippen molar-refractivity contribution in [2.24, 2.45) is 11.8 Å². The molecule has 2 unspecified atom stereocenters. The van der Waals surface area contributed by atoms with Crippen molar-refractivity contribution in [1.82, 2.24) is 9.80 Å². The summed E-state index contributed by atoms with van der Waals surface area (Å²) in [4.78, 5) is 16.9. The van der Waals surface area contributed by atoms with Gasteiger partial charge in [0.15, 0.2) is 0 Å².